The summed E-state index contributed by atoms with van der Waals surface area (Å²) in [6.07, 6.45) is -1.31. The van der Waals surface area contributed by atoms with Crippen LogP contribution < -0.4 is 0 Å². The van der Waals surface area contributed by atoms with Gasteiger partial charge in [0.05, 0.1) is 12.6 Å². The zero-order valence-electron chi connectivity index (χ0n) is 9.11. The van der Waals surface area contributed by atoms with Gasteiger partial charge in [-0.1, -0.05) is 23.7 Å². The first kappa shape index (κ1) is 13.1. The molecule has 1 aliphatic heterocycles. The van der Waals surface area contributed by atoms with Crippen molar-refractivity contribution in [3.05, 3.63) is 34.9 Å². The number of amides is 1. The van der Waals surface area contributed by atoms with Crippen LogP contribution in [-0.2, 0) is 20.9 Å². The first-order valence-electron chi connectivity index (χ1n) is 5.06. The third-order valence-electron chi connectivity index (χ3n) is 2.53. The molecular weight excluding hydrogens is 282 g/mol. The van der Waals surface area contributed by atoms with Gasteiger partial charge in [-0.15, -0.1) is 0 Å². The Morgan fingerprint density at radius 1 is 1.56 bits per heavy atom. The Hall–Kier alpha value is -1.31. The first-order chi connectivity index (χ1) is 8.40. The van der Waals surface area contributed by atoms with Crippen molar-refractivity contribution < 1.29 is 22.5 Å². The standard InChI is InChI=1S/C10H10ClNO5S/c11-8-3-1-2-7(4-8)5-9-6-17-18(15,16)12(9)10(13)14/h1-4,9H,5-6H2,(H,13,14). The van der Waals surface area contributed by atoms with E-state index >= 15 is 0 Å². The van der Waals surface area contributed by atoms with E-state index in [9.17, 15) is 13.2 Å². The van der Waals surface area contributed by atoms with Crippen LogP contribution in [0.3, 0.4) is 0 Å². The minimum Gasteiger partial charge on any atom is -0.464 e. The Bertz CT molecular complexity index is 573. The molecule has 1 N–H and O–H groups in total. The summed E-state index contributed by atoms with van der Waals surface area (Å²) >= 11 is 5.81. The summed E-state index contributed by atoms with van der Waals surface area (Å²) in [6.45, 7) is -0.179. The quantitative estimate of drug-likeness (QED) is 0.893. The number of hydrogen-bond donors (Lipinski definition) is 1. The number of carboxylic acid groups (broad SMARTS) is 1. The summed E-state index contributed by atoms with van der Waals surface area (Å²) in [6, 6.07) is 6.05. The summed E-state index contributed by atoms with van der Waals surface area (Å²) in [5.74, 6) is 0. The zero-order valence-corrected chi connectivity index (χ0v) is 10.7. The number of benzene rings is 1. The predicted molar refractivity (Wildman–Crippen MR) is 63.7 cm³/mol. The molecule has 98 valence electrons. The molecule has 1 aliphatic rings. The third-order valence-corrected chi connectivity index (χ3v) is 4.14. The SMILES string of the molecule is O=C(O)N1C(Cc2cccc(Cl)c2)COS1(=O)=O. The van der Waals surface area contributed by atoms with Crippen LogP contribution in [0.5, 0.6) is 0 Å². The van der Waals surface area contributed by atoms with Crippen molar-refractivity contribution in [2.45, 2.75) is 12.5 Å². The van der Waals surface area contributed by atoms with Gasteiger partial charge in [0.15, 0.2) is 0 Å². The lowest BCUT2D eigenvalue weighted by molar-refractivity contribution is 0.164. The molecule has 0 bridgehead atoms. The number of carbonyl (C=O) groups is 1. The van der Waals surface area contributed by atoms with Gasteiger partial charge >= 0.3 is 16.4 Å². The Morgan fingerprint density at radius 3 is 2.89 bits per heavy atom. The summed E-state index contributed by atoms with van der Waals surface area (Å²) in [5.41, 5.74) is 0.749. The molecule has 6 nitrogen and oxygen atoms in total. The van der Waals surface area contributed by atoms with Crippen LogP contribution in [0, 0.1) is 0 Å². The van der Waals surface area contributed by atoms with Crippen molar-refractivity contribution in [3.8, 4) is 0 Å². The smallest absolute Gasteiger partial charge is 0.423 e. The maximum Gasteiger partial charge on any atom is 0.423 e. The average molecular weight is 292 g/mol. The largest absolute Gasteiger partial charge is 0.464 e. The van der Waals surface area contributed by atoms with Crippen molar-refractivity contribution >= 4 is 28.0 Å². The first-order valence-corrected chi connectivity index (χ1v) is 6.80. The van der Waals surface area contributed by atoms with Gasteiger partial charge in [-0.3, -0.25) is 4.18 Å². The van der Waals surface area contributed by atoms with Gasteiger partial charge in [0.1, 0.15) is 0 Å². The van der Waals surface area contributed by atoms with Crippen LogP contribution >= 0.6 is 11.6 Å². The molecule has 0 aliphatic carbocycles. The molecule has 1 amide bonds. The second-order valence-electron chi connectivity index (χ2n) is 3.81. The summed E-state index contributed by atoms with van der Waals surface area (Å²) < 4.78 is 27.6. The monoisotopic (exact) mass is 291 g/mol. The average Bonchev–Trinajstić information content (AvgIpc) is 2.53. The molecule has 1 saturated heterocycles. The van der Waals surface area contributed by atoms with Crippen LogP contribution in [0.1, 0.15) is 5.56 Å². The van der Waals surface area contributed by atoms with Crippen LogP contribution in [-0.4, -0.2) is 36.6 Å². The van der Waals surface area contributed by atoms with E-state index in [4.69, 9.17) is 16.7 Å². The maximum atomic E-state index is 11.4. The molecular formula is C10H10ClNO5S. The minimum atomic E-state index is -4.16. The third kappa shape index (κ3) is 2.58. The second-order valence-corrected chi connectivity index (χ2v) is 5.73. The molecule has 2 rings (SSSR count). The molecule has 0 saturated carbocycles. The van der Waals surface area contributed by atoms with Crippen LogP contribution in [0.25, 0.3) is 0 Å². The number of halogens is 1. The van der Waals surface area contributed by atoms with Gasteiger partial charge in [-0.05, 0) is 24.1 Å². The minimum absolute atomic E-state index is 0.179. The summed E-state index contributed by atoms with van der Waals surface area (Å²) in [4.78, 5) is 10.9. The van der Waals surface area contributed by atoms with E-state index < -0.39 is 22.4 Å². The number of hydrogen-bond acceptors (Lipinski definition) is 4. The second kappa shape index (κ2) is 4.75. The van der Waals surface area contributed by atoms with Gasteiger partial charge in [0.2, 0.25) is 0 Å². The van der Waals surface area contributed by atoms with Crippen molar-refractivity contribution in [1.29, 1.82) is 0 Å². The molecule has 1 fully saturated rings. The molecule has 0 spiro atoms. The Kier molecular flexibility index (Phi) is 3.47. The van der Waals surface area contributed by atoms with Crippen molar-refractivity contribution in [2.75, 3.05) is 6.61 Å². The summed E-state index contributed by atoms with van der Waals surface area (Å²) in [7, 11) is -4.16. The fraction of sp³-hybridized carbons (Fsp3) is 0.300. The van der Waals surface area contributed by atoms with Gasteiger partial charge in [-0.25, -0.2) is 4.79 Å². The number of nitrogens with zero attached hydrogens (tertiary/aromatic N) is 1. The van der Waals surface area contributed by atoms with E-state index in [-0.39, 0.29) is 13.0 Å². The van der Waals surface area contributed by atoms with E-state index in [2.05, 4.69) is 4.18 Å². The number of rotatable bonds is 2. The molecule has 0 radical (unpaired) electrons. The normalized spacial score (nSPS) is 22.1. The highest BCUT2D eigenvalue weighted by Crippen LogP contribution is 2.23. The molecule has 1 aromatic rings. The van der Waals surface area contributed by atoms with Crippen molar-refractivity contribution in [1.82, 2.24) is 4.31 Å². The molecule has 1 heterocycles. The lowest BCUT2D eigenvalue weighted by Crippen LogP contribution is -2.39. The molecule has 1 unspecified atom stereocenters. The van der Waals surface area contributed by atoms with Gasteiger partial charge < -0.3 is 5.11 Å². The van der Waals surface area contributed by atoms with E-state index in [0.29, 0.717) is 9.33 Å². The Morgan fingerprint density at radius 2 is 2.28 bits per heavy atom. The molecule has 18 heavy (non-hydrogen) atoms. The highest BCUT2D eigenvalue weighted by atomic mass is 35.5. The van der Waals surface area contributed by atoms with E-state index in [1.165, 1.54) is 0 Å². The zero-order chi connectivity index (χ0) is 13.3. The Labute approximate surface area is 109 Å². The molecule has 8 heteroatoms. The Balaban J connectivity index is 2.22. The van der Waals surface area contributed by atoms with Gasteiger partial charge in [0.25, 0.3) is 0 Å². The van der Waals surface area contributed by atoms with Crippen molar-refractivity contribution in [3.63, 3.8) is 0 Å². The topological polar surface area (TPSA) is 83.9 Å². The predicted octanol–water partition coefficient (Wildman–Crippen LogP) is 1.51. The molecule has 1 atom stereocenters. The lowest BCUT2D eigenvalue weighted by Gasteiger charge is -2.17. The van der Waals surface area contributed by atoms with Crippen LogP contribution in [0.2, 0.25) is 5.02 Å². The molecule has 1 aromatic carbocycles. The fourth-order valence-corrected chi connectivity index (χ4v) is 3.15. The fourth-order valence-electron chi connectivity index (χ4n) is 1.80. The molecule has 0 aromatic heterocycles. The highest BCUT2D eigenvalue weighted by molar-refractivity contribution is 7.85. The van der Waals surface area contributed by atoms with Crippen LogP contribution in [0.15, 0.2) is 24.3 Å². The van der Waals surface area contributed by atoms with Gasteiger partial charge in [-0.2, -0.15) is 12.7 Å². The van der Waals surface area contributed by atoms with Crippen molar-refractivity contribution in [2.24, 2.45) is 0 Å². The van der Waals surface area contributed by atoms with Crippen LogP contribution in [0.4, 0.5) is 4.79 Å². The van der Waals surface area contributed by atoms with E-state index in [1.54, 1.807) is 24.3 Å². The van der Waals surface area contributed by atoms with Gasteiger partial charge in [0, 0.05) is 5.02 Å². The maximum absolute atomic E-state index is 11.4. The van der Waals surface area contributed by atoms with E-state index in [1.807, 2.05) is 0 Å². The highest BCUT2D eigenvalue weighted by Gasteiger charge is 2.42. The van der Waals surface area contributed by atoms with E-state index in [0.717, 1.165) is 5.56 Å². The summed E-state index contributed by atoms with van der Waals surface area (Å²) in [5, 5.41) is 9.40. The lowest BCUT2D eigenvalue weighted by atomic mass is 10.1.